The molecule has 2 aliphatic carbocycles. The van der Waals surface area contributed by atoms with Crippen LogP contribution in [0.2, 0.25) is 0 Å². The molecule has 2 aliphatic heterocycles. The average Bonchev–Trinajstić information content (AvgIpc) is 2.56. The molecule has 4 fully saturated rings. The predicted molar refractivity (Wildman–Crippen MR) is 38.9 cm³/mol. The molecule has 2 heterocycles. The highest BCUT2D eigenvalue weighted by Gasteiger charge is 2.55. The van der Waals surface area contributed by atoms with E-state index in [9.17, 15) is 9.59 Å². The fraction of sp³-hybridized carbons (Fsp3) is 0.778. The topological polar surface area (TPSA) is 43.4 Å². The third-order valence-corrected chi connectivity index (χ3v) is 3.66. The van der Waals surface area contributed by atoms with Gasteiger partial charge >= 0.3 is 11.9 Å². The molecule has 4 rings (SSSR count). The highest BCUT2D eigenvalue weighted by atomic mass is 16.6. The van der Waals surface area contributed by atoms with E-state index in [-0.39, 0.29) is 23.8 Å². The Labute approximate surface area is 70.1 Å². The lowest BCUT2D eigenvalue weighted by atomic mass is 9.84. The van der Waals surface area contributed by atoms with Gasteiger partial charge in [-0.3, -0.25) is 9.59 Å². The molecule has 4 bridgehead atoms. The number of hydrogen-bond acceptors (Lipinski definition) is 3. The lowest BCUT2D eigenvalue weighted by molar-refractivity contribution is -0.162. The third kappa shape index (κ3) is 0.625. The van der Waals surface area contributed by atoms with Crippen LogP contribution in [0.1, 0.15) is 19.3 Å². The Bertz CT molecular complexity index is 245. The first kappa shape index (κ1) is 6.63. The highest BCUT2D eigenvalue weighted by molar-refractivity contribution is 5.91. The van der Waals surface area contributed by atoms with Crippen molar-refractivity contribution in [2.24, 2.45) is 23.7 Å². The van der Waals surface area contributed by atoms with Gasteiger partial charge in [-0.05, 0) is 31.1 Å². The summed E-state index contributed by atoms with van der Waals surface area (Å²) in [5.41, 5.74) is 0. The first-order valence-electron chi connectivity index (χ1n) is 4.51. The van der Waals surface area contributed by atoms with E-state index in [1.54, 1.807) is 0 Å². The van der Waals surface area contributed by atoms with Crippen LogP contribution >= 0.6 is 0 Å². The van der Waals surface area contributed by atoms with Gasteiger partial charge in [-0.25, -0.2) is 0 Å². The minimum Gasteiger partial charge on any atom is -0.393 e. The summed E-state index contributed by atoms with van der Waals surface area (Å²) in [5, 5.41) is 0. The lowest BCUT2D eigenvalue weighted by Crippen LogP contribution is -2.19. The Morgan fingerprint density at radius 3 is 1.83 bits per heavy atom. The van der Waals surface area contributed by atoms with E-state index in [2.05, 4.69) is 0 Å². The molecule has 0 N–H and O–H groups in total. The maximum Gasteiger partial charge on any atom is 0.316 e. The summed E-state index contributed by atoms with van der Waals surface area (Å²) in [6, 6.07) is 0. The van der Waals surface area contributed by atoms with Crippen LogP contribution in [-0.4, -0.2) is 11.9 Å². The van der Waals surface area contributed by atoms with Crippen LogP contribution < -0.4 is 0 Å². The van der Waals surface area contributed by atoms with Crippen LogP contribution in [0.15, 0.2) is 0 Å². The van der Waals surface area contributed by atoms with Crippen LogP contribution in [0, 0.1) is 23.7 Å². The molecule has 3 heteroatoms. The largest absolute Gasteiger partial charge is 0.393 e. The summed E-state index contributed by atoms with van der Waals surface area (Å²) in [6.07, 6.45) is 2.88. The van der Waals surface area contributed by atoms with Crippen molar-refractivity contribution in [3.8, 4) is 0 Å². The minimum absolute atomic E-state index is 0.0534. The van der Waals surface area contributed by atoms with Gasteiger partial charge in [0, 0.05) is 0 Å². The molecule has 0 aromatic heterocycles. The molecule has 0 amide bonds. The molecule has 0 spiro atoms. The van der Waals surface area contributed by atoms with Gasteiger partial charge in [0.25, 0.3) is 0 Å². The molecule has 4 unspecified atom stereocenters. The number of esters is 2. The summed E-state index contributed by atoms with van der Waals surface area (Å²) in [4.78, 5) is 22.6. The van der Waals surface area contributed by atoms with Crippen molar-refractivity contribution in [3.63, 3.8) is 0 Å². The van der Waals surface area contributed by atoms with Crippen molar-refractivity contribution >= 4 is 11.9 Å². The Kier molecular flexibility index (Phi) is 1.05. The van der Waals surface area contributed by atoms with Crippen molar-refractivity contribution in [1.82, 2.24) is 0 Å². The van der Waals surface area contributed by atoms with Gasteiger partial charge in [0.1, 0.15) is 0 Å². The van der Waals surface area contributed by atoms with Crippen LogP contribution in [0.25, 0.3) is 0 Å². The summed E-state index contributed by atoms with van der Waals surface area (Å²) < 4.78 is 4.72. The van der Waals surface area contributed by atoms with Crippen LogP contribution in [-0.2, 0) is 14.3 Å². The van der Waals surface area contributed by atoms with Crippen molar-refractivity contribution in [2.45, 2.75) is 19.3 Å². The lowest BCUT2D eigenvalue weighted by Gasteiger charge is -2.16. The van der Waals surface area contributed by atoms with E-state index in [1.165, 1.54) is 0 Å². The van der Waals surface area contributed by atoms with Crippen molar-refractivity contribution in [3.05, 3.63) is 0 Å². The Morgan fingerprint density at radius 2 is 1.42 bits per heavy atom. The van der Waals surface area contributed by atoms with Gasteiger partial charge in [-0.15, -0.1) is 0 Å². The van der Waals surface area contributed by atoms with E-state index in [0.29, 0.717) is 11.8 Å². The van der Waals surface area contributed by atoms with Crippen LogP contribution in [0.5, 0.6) is 0 Å². The second kappa shape index (κ2) is 1.90. The Morgan fingerprint density at radius 1 is 0.917 bits per heavy atom. The Hall–Kier alpha value is -0.860. The van der Waals surface area contributed by atoms with Crippen LogP contribution in [0.3, 0.4) is 0 Å². The predicted octanol–water partition coefficient (Wildman–Crippen LogP) is 0.732. The summed E-state index contributed by atoms with van der Waals surface area (Å²) in [6.45, 7) is 0. The van der Waals surface area contributed by atoms with Crippen molar-refractivity contribution in [2.75, 3.05) is 0 Å². The summed E-state index contributed by atoms with van der Waals surface area (Å²) in [5.74, 6) is 0.508. The van der Waals surface area contributed by atoms with Gasteiger partial charge in [-0.1, -0.05) is 0 Å². The van der Waals surface area contributed by atoms with Crippen molar-refractivity contribution < 1.29 is 14.3 Å². The van der Waals surface area contributed by atoms with E-state index >= 15 is 0 Å². The molecule has 64 valence electrons. The molecule has 3 nitrogen and oxygen atoms in total. The molecule has 0 aromatic rings. The number of rotatable bonds is 0. The smallest absolute Gasteiger partial charge is 0.316 e. The second-order valence-corrected chi connectivity index (χ2v) is 4.18. The maximum atomic E-state index is 11.3. The standard InChI is InChI=1S/C9H10O3/c10-8-6-2-4-1-5(6)3-7(4)9(11)12-8/h4-7H,1-3H2. The zero-order chi connectivity index (χ0) is 8.29. The summed E-state index contributed by atoms with van der Waals surface area (Å²) in [7, 11) is 0. The molecule has 4 aliphatic rings. The minimum atomic E-state index is -0.257. The van der Waals surface area contributed by atoms with Gasteiger partial charge in [0.2, 0.25) is 0 Å². The first-order chi connectivity index (χ1) is 5.75. The molecular weight excluding hydrogens is 156 g/mol. The summed E-state index contributed by atoms with van der Waals surface area (Å²) >= 11 is 0. The second-order valence-electron chi connectivity index (χ2n) is 4.18. The first-order valence-corrected chi connectivity index (χ1v) is 4.51. The van der Waals surface area contributed by atoms with E-state index in [4.69, 9.17) is 4.74 Å². The molecule has 0 aromatic carbocycles. The third-order valence-electron chi connectivity index (χ3n) is 3.66. The zero-order valence-corrected chi connectivity index (χ0v) is 6.66. The maximum absolute atomic E-state index is 11.3. The fourth-order valence-corrected chi connectivity index (χ4v) is 3.10. The molecule has 2 saturated heterocycles. The monoisotopic (exact) mass is 166 g/mol. The SMILES string of the molecule is O=C1OC(=O)C2CC3CC2CC13. The van der Waals surface area contributed by atoms with Crippen molar-refractivity contribution in [1.29, 1.82) is 0 Å². The fourth-order valence-electron chi connectivity index (χ4n) is 3.10. The molecule has 0 radical (unpaired) electrons. The number of hydrogen-bond donors (Lipinski definition) is 0. The van der Waals surface area contributed by atoms with E-state index in [1.807, 2.05) is 0 Å². The molecule has 12 heavy (non-hydrogen) atoms. The number of fused-ring (bicyclic) bond motifs is 2. The van der Waals surface area contributed by atoms with Gasteiger partial charge in [0.15, 0.2) is 0 Å². The highest BCUT2D eigenvalue weighted by Crippen LogP contribution is 2.54. The molecule has 4 atom stereocenters. The van der Waals surface area contributed by atoms with E-state index < -0.39 is 0 Å². The molecular formula is C9H10O3. The molecule has 2 saturated carbocycles. The number of carbonyl (C=O) groups is 2. The van der Waals surface area contributed by atoms with Gasteiger partial charge in [-0.2, -0.15) is 0 Å². The normalized spacial score (nSPS) is 49.7. The van der Waals surface area contributed by atoms with Gasteiger partial charge < -0.3 is 4.74 Å². The Balaban J connectivity index is 2.06. The van der Waals surface area contributed by atoms with Gasteiger partial charge in [0.05, 0.1) is 11.8 Å². The quantitative estimate of drug-likeness (QED) is 0.393. The van der Waals surface area contributed by atoms with Crippen LogP contribution in [0.4, 0.5) is 0 Å². The zero-order valence-electron chi connectivity index (χ0n) is 6.66. The van der Waals surface area contributed by atoms with E-state index in [0.717, 1.165) is 19.3 Å². The number of carbonyl (C=O) groups excluding carboxylic acids is 2. The average molecular weight is 166 g/mol. The number of ether oxygens (including phenoxy) is 1.